The number of amides is 1. The molecule has 0 aliphatic heterocycles. The Morgan fingerprint density at radius 2 is 2.06 bits per heavy atom. The summed E-state index contributed by atoms with van der Waals surface area (Å²) >= 11 is 3.23. The number of nitrogens with two attached hydrogens (primary N) is 1. The van der Waals surface area contributed by atoms with E-state index in [2.05, 4.69) is 26.0 Å². The summed E-state index contributed by atoms with van der Waals surface area (Å²) in [6.45, 7) is 0.0361. The summed E-state index contributed by atoms with van der Waals surface area (Å²) in [5.74, 6) is -0.534. The fraction of sp³-hybridized carbons (Fsp3) is 0.300. The smallest absolute Gasteiger partial charge is 0.251 e. The Hall–Kier alpha value is -1.12. The van der Waals surface area contributed by atoms with Gasteiger partial charge in [0, 0.05) is 22.3 Å². The molecule has 0 aromatic heterocycles. The Balaban J connectivity index is 2.61. The minimum absolute atomic E-state index is 0.0361. The summed E-state index contributed by atoms with van der Waals surface area (Å²) in [5.41, 5.74) is 6.44. The predicted octanol–water partition coefficient (Wildman–Crippen LogP) is 0.310. The first-order valence-electron chi connectivity index (χ1n) is 5.09. The molecule has 18 heavy (non-hydrogen) atoms. The van der Waals surface area contributed by atoms with Crippen molar-refractivity contribution in [1.29, 1.82) is 0 Å². The van der Waals surface area contributed by atoms with E-state index < -0.39 is 10.0 Å². The normalized spacial score (nSPS) is 11.2. The molecule has 0 aliphatic carbocycles. The number of hydrogen-bond acceptors (Lipinski definition) is 4. The van der Waals surface area contributed by atoms with Crippen LogP contribution in [0.15, 0.2) is 22.7 Å². The number of hydrogen-bond donors (Lipinski definition) is 3. The van der Waals surface area contributed by atoms with E-state index in [9.17, 15) is 13.2 Å². The van der Waals surface area contributed by atoms with Crippen molar-refractivity contribution < 1.29 is 13.2 Å². The van der Waals surface area contributed by atoms with Gasteiger partial charge in [0.15, 0.2) is 0 Å². The van der Waals surface area contributed by atoms with Gasteiger partial charge in [-0.05, 0) is 25.2 Å². The van der Waals surface area contributed by atoms with E-state index in [-0.39, 0.29) is 18.2 Å². The number of carbonyl (C=O) groups is 1. The van der Waals surface area contributed by atoms with Gasteiger partial charge in [-0.25, -0.2) is 13.1 Å². The zero-order chi connectivity index (χ0) is 13.8. The van der Waals surface area contributed by atoms with Gasteiger partial charge in [0.1, 0.15) is 0 Å². The largest absolute Gasteiger partial charge is 0.399 e. The highest BCUT2D eigenvalue weighted by Crippen LogP contribution is 2.17. The molecule has 0 radical (unpaired) electrons. The Kier molecular flexibility index (Phi) is 5.12. The van der Waals surface area contributed by atoms with Crippen molar-refractivity contribution in [3.05, 3.63) is 28.2 Å². The van der Waals surface area contributed by atoms with Crippen LogP contribution in [0.3, 0.4) is 0 Å². The van der Waals surface area contributed by atoms with Crippen LogP contribution >= 0.6 is 15.9 Å². The summed E-state index contributed by atoms with van der Waals surface area (Å²) in [4.78, 5) is 11.7. The van der Waals surface area contributed by atoms with E-state index in [1.165, 1.54) is 13.1 Å². The summed E-state index contributed by atoms with van der Waals surface area (Å²) in [6.07, 6.45) is 0. The van der Waals surface area contributed by atoms with Gasteiger partial charge in [-0.15, -0.1) is 0 Å². The van der Waals surface area contributed by atoms with Crippen LogP contribution in [0.1, 0.15) is 10.4 Å². The lowest BCUT2D eigenvalue weighted by Crippen LogP contribution is -2.32. The summed E-state index contributed by atoms with van der Waals surface area (Å²) in [7, 11) is -1.99. The lowest BCUT2D eigenvalue weighted by molar-refractivity contribution is 0.0956. The standard InChI is InChI=1S/C10H14BrN3O3S/c1-13-18(16,17)3-2-14-10(15)7-4-8(11)6-9(12)5-7/h4-6,13H,2-3,12H2,1H3,(H,14,15). The quantitative estimate of drug-likeness (QED) is 0.674. The molecule has 0 atom stereocenters. The molecule has 0 fully saturated rings. The fourth-order valence-corrected chi connectivity index (χ4v) is 2.33. The average Bonchev–Trinajstić information content (AvgIpc) is 2.27. The van der Waals surface area contributed by atoms with Gasteiger partial charge >= 0.3 is 0 Å². The van der Waals surface area contributed by atoms with Crippen LogP contribution in [-0.2, 0) is 10.0 Å². The van der Waals surface area contributed by atoms with Gasteiger partial charge in [-0.3, -0.25) is 4.79 Å². The number of nitrogens with one attached hydrogen (secondary N) is 2. The Morgan fingerprint density at radius 3 is 2.61 bits per heavy atom. The van der Waals surface area contributed by atoms with E-state index >= 15 is 0 Å². The molecule has 8 heteroatoms. The number of halogens is 1. The Labute approximate surface area is 114 Å². The molecule has 0 unspecified atom stereocenters. The SMILES string of the molecule is CNS(=O)(=O)CCNC(=O)c1cc(N)cc(Br)c1. The second kappa shape index (κ2) is 6.17. The van der Waals surface area contributed by atoms with Gasteiger partial charge in [0.2, 0.25) is 10.0 Å². The molecule has 100 valence electrons. The summed E-state index contributed by atoms with van der Waals surface area (Å²) in [6, 6.07) is 4.80. The van der Waals surface area contributed by atoms with E-state index in [0.29, 0.717) is 15.7 Å². The molecular weight excluding hydrogens is 322 g/mol. The lowest BCUT2D eigenvalue weighted by atomic mass is 10.2. The first kappa shape index (κ1) is 14.9. The molecule has 6 nitrogen and oxygen atoms in total. The maximum atomic E-state index is 11.7. The van der Waals surface area contributed by atoms with Crippen molar-refractivity contribution in [2.45, 2.75) is 0 Å². The van der Waals surface area contributed by atoms with E-state index in [1.807, 2.05) is 0 Å². The molecule has 0 bridgehead atoms. The maximum Gasteiger partial charge on any atom is 0.251 e. The topological polar surface area (TPSA) is 101 Å². The van der Waals surface area contributed by atoms with Crippen LogP contribution in [0.2, 0.25) is 0 Å². The molecule has 1 amide bonds. The first-order chi connectivity index (χ1) is 8.34. The van der Waals surface area contributed by atoms with E-state index in [1.54, 1.807) is 12.1 Å². The molecule has 0 heterocycles. The highest BCUT2D eigenvalue weighted by atomic mass is 79.9. The minimum Gasteiger partial charge on any atom is -0.399 e. The summed E-state index contributed by atoms with van der Waals surface area (Å²) < 4.78 is 25.1. The predicted molar refractivity (Wildman–Crippen MR) is 73.7 cm³/mol. The van der Waals surface area contributed by atoms with E-state index in [4.69, 9.17) is 5.73 Å². The molecule has 0 aliphatic rings. The highest BCUT2D eigenvalue weighted by Gasteiger charge is 2.10. The van der Waals surface area contributed by atoms with Crippen molar-refractivity contribution >= 4 is 37.5 Å². The number of anilines is 1. The molecular formula is C10H14BrN3O3S. The van der Waals surface area contributed by atoms with Crippen molar-refractivity contribution in [1.82, 2.24) is 10.0 Å². The Morgan fingerprint density at radius 1 is 1.39 bits per heavy atom. The van der Waals surface area contributed by atoms with Crippen LogP contribution < -0.4 is 15.8 Å². The van der Waals surface area contributed by atoms with Crippen LogP contribution in [0.5, 0.6) is 0 Å². The lowest BCUT2D eigenvalue weighted by Gasteiger charge is -2.06. The van der Waals surface area contributed by atoms with Crippen LogP contribution in [0, 0.1) is 0 Å². The second-order valence-corrected chi connectivity index (χ2v) is 6.51. The molecule has 1 aromatic carbocycles. The van der Waals surface area contributed by atoms with Gasteiger partial charge in [0.25, 0.3) is 5.91 Å². The van der Waals surface area contributed by atoms with Crippen LogP contribution in [0.25, 0.3) is 0 Å². The van der Waals surface area contributed by atoms with Gasteiger partial charge in [-0.1, -0.05) is 15.9 Å². The molecule has 0 saturated heterocycles. The van der Waals surface area contributed by atoms with E-state index in [0.717, 1.165) is 0 Å². The molecule has 4 N–H and O–H groups in total. The molecule has 1 aromatic rings. The van der Waals surface area contributed by atoms with Gasteiger partial charge in [-0.2, -0.15) is 0 Å². The maximum absolute atomic E-state index is 11.7. The number of carbonyl (C=O) groups excluding carboxylic acids is 1. The monoisotopic (exact) mass is 335 g/mol. The number of nitrogen functional groups attached to an aromatic ring is 1. The zero-order valence-corrected chi connectivity index (χ0v) is 12.1. The third-order valence-corrected chi connectivity index (χ3v) is 3.97. The average molecular weight is 336 g/mol. The fourth-order valence-electron chi connectivity index (χ4n) is 1.25. The molecule has 1 rings (SSSR count). The highest BCUT2D eigenvalue weighted by molar-refractivity contribution is 9.10. The third kappa shape index (κ3) is 4.63. The van der Waals surface area contributed by atoms with Crippen molar-refractivity contribution in [3.8, 4) is 0 Å². The van der Waals surface area contributed by atoms with Crippen molar-refractivity contribution in [3.63, 3.8) is 0 Å². The molecule has 0 saturated carbocycles. The van der Waals surface area contributed by atoms with Gasteiger partial charge < -0.3 is 11.1 Å². The molecule has 0 spiro atoms. The van der Waals surface area contributed by atoms with Crippen LogP contribution in [0.4, 0.5) is 5.69 Å². The number of benzene rings is 1. The van der Waals surface area contributed by atoms with Crippen LogP contribution in [-0.4, -0.2) is 33.7 Å². The number of sulfonamides is 1. The zero-order valence-electron chi connectivity index (χ0n) is 9.73. The second-order valence-electron chi connectivity index (χ2n) is 3.55. The minimum atomic E-state index is -3.31. The third-order valence-electron chi connectivity index (χ3n) is 2.15. The van der Waals surface area contributed by atoms with Crippen molar-refractivity contribution in [2.75, 3.05) is 25.1 Å². The first-order valence-corrected chi connectivity index (χ1v) is 7.54. The Bertz CT molecular complexity index is 525. The van der Waals surface area contributed by atoms with Crippen molar-refractivity contribution in [2.24, 2.45) is 0 Å². The number of rotatable bonds is 5. The summed E-state index contributed by atoms with van der Waals surface area (Å²) in [5, 5.41) is 2.51. The van der Waals surface area contributed by atoms with Gasteiger partial charge in [0.05, 0.1) is 5.75 Å².